The van der Waals surface area contributed by atoms with E-state index < -0.39 is 64.4 Å². The number of nitrogens with zero attached hydrogens (tertiary/aromatic N) is 1. The number of phenols is 1. The smallest absolute Gasteiger partial charge is 0.235 e. The molecule has 232 valence electrons. The molecule has 0 aliphatic heterocycles. The van der Waals surface area contributed by atoms with Crippen molar-refractivity contribution in [2.45, 2.75) is 63.5 Å². The molecule has 1 amide bonds. The number of Topliss-reactive ketones (excluding diaryl/α,β-unsaturated/α-hetero) is 4. The van der Waals surface area contributed by atoms with Crippen molar-refractivity contribution in [3.05, 3.63) is 53.1 Å². The minimum absolute atomic E-state index is 0.00879. The Morgan fingerprint density at radius 2 is 1.64 bits per heavy atom. The molecule has 3 fully saturated rings. The zero-order chi connectivity index (χ0) is 31.7. The van der Waals surface area contributed by atoms with Gasteiger partial charge >= 0.3 is 0 Å². The van der Waals surface area contributed by atoms with Crippen molar-refractivity contribution < 1.29 is 34.2 Å². The Morgan fingerprint density at radius 3 is 2.25 bits per heavy atom. The van der Waals surface area contributed by atoms with Gasteiger partial charge in [0.25, 0.3) is 0 Å². The van der Waals surface area contributed by atoms with Crippen LogP contribution in [-0.2, 0) is 32.0 Å². The van der Waals surface area contributed by atoms with Gasteiger partial charge in [-0.15, -0.1) is 0 Å². The van der Waals surface area contributed by atoms with Crippen molar-refractivity contribution in [3.63, 3.8) is 0 Å². The number of carbonyl (C=O) groups excluding carboxylic acids is 5. The number of ketones is 4. The highest BCUT2D eigenvalue weighted by Gasteiger charge is 2.69. The molecule has 9 heteroatoms. The minimum Gasteiger partial charge on any atom is -0.507 e. The summed E-state index contributed by atoms with van der Waals surface area (Å²) >= 11 is 0. The van der Waals surface area contributed by atoms with E-state index in [4.69, 9.17) is 5.73 Å². The number of hydrogen-bond donors (Lipinski definition) is 3. The number of amides is 1. The summed E-state index contributed by atoms with van der Waals surface area (Å²) in [7, 11) is 3.15. The van der Waals surface area contributed by atoms with Gasteiger partial charge in [0, 0.05) is 5.92 Å². The number of phenolic OH excluding ortho intramolecular Hbond substituents is 1. The van der Waals surface area contributed by atoms with Crippen LogP contribution in [0.2, 0.25) is 0 Å². The molecule has 2 aromatic rings. The van der Waals surface area contributed by atoms with Crippen LogP contribution in [0, 0.1) is 35.5 Å². The lowest BCUT2D eigenvalue weighted by Gasteiger charge is -2.52. The number of likely N-dealkylation sites (N-methyl/N-ethyl adjacent to an activating group) is 1. The van der Waals surface area contributed by atoms with E-state index in [1.54, 1.807) is 20.2 Å². The Bertz CT molecular complexity index is 1560. The van der Waals surface area contributed by atoms with Gasteiger partial charge in [-0.2, -0.15) is 0 Å². The van der Waals surface area contributed by atoms with E-state index in [1.165, 1.54) is 42.2 Å². The average molecular weight is 601 g/mol. The summed E-state index contributed by atoms with van der Waals surface area (Å²) in [4.78, 5) is 68.4. The molecule has 0 bridgehead atoms. The van der Waals surface area contributed by atoms with Crippen LogP contribution in [0.1, 0.15) is 60.5 Å². The molecule has 0 aromatic heterocycles. The number of rotatable bonds is 5. The number of benzene rings is 2. The van der Waals surface area contributed by atoms with E-state index in [0.717, 1.165) is 23.5 Å². The Kier molecular flexibility index (Phi) is 7.61. The highest BCUT2D eigenvalue weighted by atomic mass is 16.3. The summed E-state index contributed by atoms with van der Waals surface area (Å²) in [6.07, 6.45) is 6.29. The second-order valence-electron chi connectivity index (χ2n) is 13.8. The molecule has 0 spiro atoms. The number of carbonyl (C=O) groups is 5. The van der Waals surface area contributed by atoms with E-state index in [9.17, 15) is 34.2 Å². The molecule has 4 aliphatic carbocycles. The van der Waals surface area contributed by atoms with Crippen molar-refractivity contribution >= 4 is 29.0 Å². The summed E-state index contributed by atoms with van der Waals surface area (Å²) < 4.78 is 0. The molecule has 6 rings (SSSR count). The molecule has 0 saturated heterocycles. The van der Waals surface area contributed by atoms with Crippen LogP contribution in [0.15, 0.2) is 36.4 Å². The molecule has 4 N–H and O–H groups in total. The third-order valence-corrected chi connectivity index (χ3v) is 10.9. The SMILES string of the molecule is CC1CCC(Cc2ccc(-c3ccc(O)c4c3C[C@@H]3C[C@@H]5[C@@H](N(C)C)C(=O)C(C(N)=O)C(=O)[C@]5(O)C(=O)C3C4=O)cc2)CC1. The fourth-order valence-corrected chi connectivity index (χ4v) is 8.56. The van der Waals surface area contributed by atoms with Gasteiger partial charge in [-0.3, -0.25) is 28.9 Å². The van der Waals surface area contributed by atoms with Crippen LogP contribution >= 0.6 is 0 Å². The molecule has 2 unspecified atom stereocenters. The van der Waals surface area contributed by atoms with Crippen molar-refractivity contribution in [3.8, 4) is 16.9 Å². The highest BCUT2D eigenvalue weighted by molar-refractivity contribution is 6.32. The molecule has 2 aromatic carbocycles. The van der Waals surface area contributed by atoms with Crippen LogP contribution in [0.3, 0.4) is 0 Å². The summed E-state index contributed by atoms with van der Waals surface area (Å²) in [5, 5.41) is 22.6. The molecule has 44 heavy (non-hydrogen) atoms. The standard InChI is InChI=1S/C35H40N2O7/c1-17-4-6-18(7-5-17)14-19-8-10-20(11-9-19)22-12-13-25(38)27-23(22)15-21-16-24-29(37(2)3)31(40)28(34(36)43)33(42)35(24,44)32(41)26(21)30(27)39/h8-13,17-18,21,24,26,28-29,38,44H,4-7,14-16H2,1-3H3,(H2,36,43)/t17?,18?,21-,24-,26?,28?,29-,35-/m1/s1. The van der Waals surface area contributed by atoms with Gasteiger partial charge in [-0.05, 0) is 92.3 Å². The minimum atomic E-state index is -2.73. The molecule has 4 aliphatic rings. The largest absolute Gasteiger partial charge is 0.507 e. The van der Waals surface area contributed by atoms with Crippen LogP contribution in [0.25, 0.3) is 11.1 Å². The Hall–Kier alpha value is -3.69. The highest BCUT2D eigenvalue weighted by Crippen LogP contribution is 2.51. The maximum absolute atomic E-state index is 14.0. The van der Waals surface area contributed by atoms with Crippen molar-refractivity contribution in [1.82, 2.24) is 4.90 Å². The number of aliphatic hydroxyl groups is 1. The lowest BCUT2D eigenvalue weighted by Crippen LogP contribution is -2.74. The number of hydrogen-bond acceptors (Lipinski definition) is 8. The number of aromatic hydroxyl groups is 1. The van der Waals surface area contributed by atoms with Crippen molar-refractivity contribution in [2.24, 2.45) is 41.2 Å². The van der Waals surface area contributed by atoms with Gasteiger partial charge in [0.2, 0.25) is 5.91 Å². The first-order chi connectivity index (χ1) is 20.8. The first-order valence-electron chi connectivity index (χ1n) is 15.6. The summed E-state index contributed by atoms with van der Waals surface area (Å²) in [6, 6.07) is 10.4. The van der Waals surface area contributed by atoms with Crippen LogP contribution < -0.4 is 5.73 Å². The predicted octanol–water partition coefficient (Wildman–Crippen LogP) is 2.90. The molecule has 6 atom stereocenters. The van der Waals surface area contributed by atoms with Crippen LogP contribution in [-0.4, -0.2) is 69.9 Å². The van der Waals surface area contributed by atoms with E-state index >= 15 is 0 Å². The fourth-order valence-electron chi connectivity index (χ4n) is 8.56. The van der Waals surface area contributed by atoms with Gasteiger partial charge in [0.1, 0.15) is 5.75 Å². The first kappa shape index (κ1) is 30.3. The first-order valence-corrected chi connectivity index (χ1v) is 15.6. The predicted molar refractivity (Wildman–Crippen MR) is 162 cm³/mol. The van der Waals surface area contributed by atoms with Crippen molar-refractivity contribution in [2.75, 3.05) is 14.1 Å². The third kappa shape index (κ3) is 4.63. The van der Waals surface area contributed by atoms with Gasteiger partial charge in [0.15, 0.2) is 34.7 Å². The van der Waals surface area contributed by atoms with E-state index in [2.05, 4.69) is 19.1 Å². The molecule has 9 nitrogen and oxygen atoms in total. The zero-order valence-corrected chi connectivity index (χ0v) is 25.4. The number of fused-ring (bicyclic) bond motifs is 3. The lowest BCUT2D eigenvalue weighted by atomic mass is 9.52. The monoisotopic (exact) mass is 600 g/mol. The van der Waals surface area contributed by atoms with Crippen LogP contribution in [0.4, 0.5) is 0 Å². The normalized spacial score (nSPS) is 33.5. The Balaban J connectivity index is 1.35. The summed E-state index contributed by atoms with van der Waals surface area (Å²) in [5.74, 6) is -8.92. The fraction of sp³-hybridized carbons (Fsp3) is 0.514. The second kappa shape index (κ2) is 11.0. The zero-order valence-electron chi connectivity index (χ0n) is 25.4. The van der Waals surface area contributed by atoms with Crippen molar-refractivity contribution in [1.29, 1.82) is 0 Å². The quantitative estimate of drug-likeness (QED) is 0.443. The molecular formula is C35H40N2O7. The molecular weight excluding hydrogens is 560 g/mol. The maximum Gasteiger partial charge on any atom is 0.235 e. The van der Waals surface area contributed by atoms with Gasteiger partial charge in [-0.1, -0.05) is 50.1 Å². The maximum atomic E-state index is 14.0. The second-order valence-corrected chi connectivity index (χ2v) is 13.8. The Morgan fingerprint density at radius 1 is 0.977 bits per heavy atom. The molecule has 3 saturated carbocycles. The van der Waals surface area contributed by atoms with E-state index in [-0.39, 0.29) is 24.2 Å². The number of nitrogens with two attached hydrogens (primary N) is 1. The third-order valence-electron chi connectivity index (χ3n) is 10.9. The number of primary amides is 1. The summed E-state index contributed by atoms with van der Waals surface area (Å²) in [6.45, 7) is 2.31. The molecule has 0 radical (unpaired) electrons. The summed E-state index contributed by atoms with van der Waals surface area (Å²) in [5.41, 5.74) is 6.18. The van der Waals surface area contributed by atoms with Gasteiger partial charge < -0.3 is 15.9 Å². The molecule has 0 heterocycles. The van der Waals surface area contributed by atoms with Gasteiger partial charge in [0.05, 0.1) is 17.5 Å². The van der Waals surface area contributed by atoms with Crippen LogP contribution in [0.5, 0.6) is 5.75 Å². The van der Waals surface area contributed by atoms with E-state index in [1.807, 2.05) is 12.1 Å². The average Bonchev–Trinajstić information content (AvgIpc) is 2.96. The lowest BCUT2D eigenvalue weighted by molar-refractivity contribution is -0.181. The van der Waals surface area contributed by atoms with Gasteiger partial charge in [-0.25, -0.2) is 0 Å². The van der Waals surface area contributed by atoms with E-state index in [0.29, 0.717) is 11.5 Å². The topological polar surface area (TPSA) is 155 Å². The Labute approximate surface area is 256 Å².